The minimum atomic E-state index is 0.744. The van der Waals surface area contributed by atoms with Crippen molar-refractivity contribution < 1.29 is 4.74 Å². The molecule has 0 saturated heterocycles. The van der Waals surface area contributed by atoms with Crippen molar-refractivity contribution in [1.82, 2.24) is 4.90 Å². The van der Waals surface area contributed by atoms with Gasteiger partial charge in [-0.25, -0.2) is 0 Å². The van der Waals surface area contributed by atoms with E-state index in [2.05, 4.69) is 11.8 Å². The predicted octanol–water partition coefficient (Wildman–Crippen LogP) is 2.13. The van der Waals surface area contributed by atoms with E-state index in [-0.39, 0.29) is 0 Å². The molecule has 1 fully saturated rings. The maximum atomic E-state index is 5.68. The van der Waals surface area contributed by atoms with Crippen LogP contribution in [-0.4, -0.2) is 30.6 Å². The minimum absolute atomic E-state index is 0.744. The molecule has 2 rings (SSSR count). The van der Waals surface area contributed by atoms with Gasteiger partial charge in [0.05, 0.1) is 0 Å². The molecule has 0 spiro atoms. The van der Waals surface area contributed by atoms with E-state index in [1.54, 1.807) is 0 Å². The van der Waals surface area contributed by atoms with Gasteiger partial charge in [-0.2, -0.15) is 0 Å². The summed E-state index contributed by atoms with van der Waals surface area (Å²) in [5.74, 6) is 0.867. The second-order valence-electron chi connectivity index (χ2n) is 4.28. The van der Waals surface area contributed by atoms with Crippen LogP contribution in [0.5, 0.6) is 5.75 Å². The van der Waals surface area contributed by atoms with Crippen molar-refractivity contribution in [3.05, 3.63) is 24.3 Å². The molecule has 3 nitrogen and oxygen atoms in total. The van der Waals surface area contributed by atoms with Gasteiger partial charge in [0, 0.05) is 24.3 Å². The van der Waals surface area contributed by atoms with E-state index in [1.807, 2.05) is 24.3 Å². The van der Waals surface area contributed by atoms with Crippen LogP contribution < -0.4 is 10.5 Å². The van der Waals surface area contributed by atoms with E-state index >= 15 is 0 Å². The maximum Gasteiger partial charge on any atom is 0.121 e. The third-order valence-electron chi connectivity index (χ3n) is 2.97. The molecule has 0 radical (unpaired) electrons. The third-order valence-corrected chi connectivity index (χ3v) is 2.97. The SMILES string of the molecule is CCN(CCOc1cccc(N)c1)C1CC1. The van der Waals surface area contributed by atoms with Crippen LogP contribution in [0.15, 0.2) is 24.3 Å². The van der Waals surface area contributed by atoms with Crippen LogP contribution in [0, 0.1) is 0 Å². The molecule has 0 aliphatic heterocycles. The molecule has 0 aromatic heterocycles. The number of hydrogen-bond acceptors (Lipinski definition) is 3. The lowest BCUT2D eigenvalue weighted by Gasteiger charge is -2.19. The Hall–Kier alpha value is -1.22. The summed E-state index contributed by atoms with van der Waals surface area (Å²) in [4.78, 5) is 2.48. The van der Waals surface area contributed by atoms with Gasteiger partial charge in [-0.3, -0.25) is 4.90 Å². The van der Waals surface area contributed by atoms with Crippen molar-refractivity contribution in [2.45, 2.75) is 25.8 Å². The normalized spacial score (nSPS) is 15.4. The van der Waals surface area contributed by atoms with E-state index in [9.17, 15) is 0 Å². The molecule has 1 aliphatic rings. The number of nitrogens with zero attached hydrogens (tertiary/aromatic N) is 1. The van der Waals surface area contributed by atoms with Crippen LogP contribution >= 0.6 is 0 Å². The quantitative estimate of drug-likeness (QED) is 0.746. The lowest BCUT2D eigenvalue weighted by atomic mass is 10.3. The van der Waals surface area contributed by atoms with E-state index in [1.165, 1.54) is 12.8 Å². The summed E-state index contributed by atoms with van der Waals surface area (Å²) < 4.78 is 5.68. The number of nitrogen functional groups attached to an aromatic ring is 1. The van der Waals surface area contributed by atoms with E-state index in [0.717, 1.165) is 37.2 Å². The summed E-state index contributed by atoms with van der Waals surface area (Å²) in [5, 5.41) is 0. The van der Waals surface area contributed by atoms with Gasteiger partial charge < -0.3 is 10.5 Å². The molecule has 3 heteroatoms. The molecule has 0 amide bonds. The topological polar surface area (TPSA) is 38.5 Å². The highest BCUT2D eigenvalue weighted by molar-refractivity contribution is 5.43. The van der Waals surface area contributed by atoms with Crippen molar-refractivity contribution >= 4 is 5.69 Å². The molecule has 1 aliphatic carbocycles. The van der Waals surface area contributed by atoms with Crippen LogP contribution in [-0.2, 0) is 0 Å². The Bertz CT molecular complexity index is 336. The number of hydrogen-bond donors (Lipinski definition) is 1. The fourth-order valence-corrected chi connectivity index (χ4v) is 1.92. The second-order valence-corrected chi connectivity index (χ2v) is 4.28. The number of benzene rings is 1. The molecule has 0 bridgehead atoms. The molecule has 88 valence electrons. The monoisotopic (exact) mass is 220 g/mol. The molecule has 2 N–H and O–H groups in total. The Morgan fingerprint density at radius 1 is 1.44 bits per heavy atom. The lowest BCUT2D eigenvalue weighted by Crippen LogP contribution is -2.30. The fraction of sp³-hybridized carbons (Fsp3) is 0.538. The highest BCUT2D eigenvalue weighted by Crippen LogP contribution is 2.26. The number of ether oxygens (including phenoxy) is 1. The van der Waals surface area contributed by atoms with Crippen LogP contribution in [0.1, 0.15) is 19.8 Å². The van der Waals surface area contributed by atoms with Gasteiger partial charge in [0.2, 0.25) is 0 Å². The largest absolute Gasteiger partial charge is 0.492 e. The van der Waals surface area contributed by atoms with Crippen molar-refractivity contribution in [2.75, 3.05) is 25.4 Å². The third kappa shape index (κ3) is 3.14. The average Bonchev–Trinajstić information content (AvgIpc) is 3.08. The molecular formula is C13H20N2O. The number of likely N-dealkylation sites (N-methyl/N-ethyl adjacent to an activating group) is 1. The molecule has 16 heavy (non-hydrogen) atoms. The zero-order valence-electron chi connectivity index (χ0n) is 9.86. The zero-order chi connectivity index (χ0) is 11.4. The van der Waals surface area contributed by atoms with Gasteiger partial charge in [-0.1, -0.05) is 13.0 Å². The summed E-state index contributed by atoms with van der Waals surface area (Å²) in [5.41, 5.74) is 6.44. The Balaban J connectivity index is 1.74. The smallest absolute Gasteiger partial charge is 0.121 e. The number of anilines is 1. The molecule has 1 aromatic carbocycles. The first-order chi connectivity index (χ1) is 7.79. The Kier molecular flexibility index (Phi) is 3.67. The summed E-state index contributed by atoms with van der Waals surface area (Å²) in [6.07, 6.45) is 2.71. The first kappa shape index (κ1) is 11.3. The van der Waals surface area contributed by atoms with Crippen LogP contribution in [0.2, 0.25) is 0 Å². The number of rotatable bonds is 6. The van der Waals surface area contributed by atoms with Crippen LogP contribution in [0.3, 0.4) is 0 Å². The predicted molar refractivity (Wildman–Crippen MR) is 66.6 cm³/mol. The van der Waals surface area contributed by atoms with Crippen molar-refractivity contribution in [3.63, 3.8) is 0 Å². The van der Waals surface area contributed by atoms with Gasteiger partial charge >= 0.3 is 0 Å². The Morgan fingerprint density at radius 3 is 2.88 bits per heavy atom. The zero-order valence-corrected chi connectivity index (χ0v) is 9.86. The van der Waals surface area contributed by atoms with E-state index < -0.39 is 0 Å². The molecule has 1 aromatic rings. The molecular weight excluding hydrogens is 200 g/mol. The van der Waals surface area contributed by atoms with Gasteiger partial charge in [0.1, 0.15) is 12.4 Å². The van der Waals surface area contributed by atoms with Gasteiger partial charge in [0.25, 0.3) is 0 Å². The standard InChI is InChI=1S/C13H20N2O/c1-2-15(12-6-7-12)8-9-16-13-5-3-4-11(14)10-13/h3-5,10,12H,2,6-9,14H2,1H3. The molecule has 1 saturated carbocycles. The first-order valence-electron chi connectivity index (χ1n) is 6.02. The minimum Gasteiger partial charge on any atom is -0.492 e. The van der Waals surface area contributed by atoms with Crippen LogP contribution in [0.25, 0.3) is 0 Å². The first-order valence-corrected chi connectivity index (χ1v) is 6.02. The summed E-state index contributed by atoms with van der Waals surface area (Å²) in [6, 6.07) is 8.42. The molecule has 0 unspecified atom stereocenters. The number of nitrogens with two attached hydrogens (primary N) is 1. The van der Waals surface area contributed by atoms with Crippen molar-refractivity contribution in [3.8, 4) is 5.75 Å². The average molecular weight is 220 g/mol. The van der Waals surface area contributed by atoms with Crippen molar-refractivity contribution in [1.29, 1.82) is 0 Å². The van der Waals surface area contributed by atoms with Gasteiger partial charge in [-0.05, 0) is 31.5 Å². The Labute approximate surface area is 97.2 Å². The summed E-state index contributed by atoms with van der Waals surface area (Å²) in [6.45, 7) is 5.08. The van der Waals surface area contributed by atoms with Gasteiger partial charge in [-0.15, -0.1) is 0 Å². The van der Waals surface area contributed by atoms with Gasteiger partial charge in [0.15, 0.2) is 0 Å². The van der Waals surface area contributed by atoms with E-state index in [0.29, 0.717) is 0 Å². The summed E-state index contributed by atoms with van der Waals surface area (Å²) >= 11 is 0. The lowest BCUT2D eigenvalue weighted by molar-refractivity contribution is 0.209. The summed E-state index contributed by atoms with van der Waals surface area (Å²) in [7, 11) is 0. The highest BCUT2D eigenvalue weighted by Gasteiger charge is 2.27. The van der Waals surface area contributed by atoms with E-state index in [4.69, 9.17) is 10.5 Å². The molecule has 0 atom stereocenters. The maximum absolute atomic E-state index is 5.68. The second kappa shape index (κ2) is 5.21. The van der Waals surface area contributed by atoms with Crippen LogP contribution in [0.4, 0.5) is 5.69 Å². The molecule has 0 heterocycles. The highest BCUT2D eigenvalue weighted by atomic mass is 16.5. The Morgan fingerprint density at radius 2 is 2.25 bits per heavy atom. The fourth-order valence-electron chi connectivity index (χ4n) is 1.92. The van der Waals surface area contributed by atoms with Crippen molar-refractivity contribution in [2.24, 2.45) is 0 Å².